The Balaban J connectivity index is 2.13. The Hall–Kier alpha value is -0.830. The summed E-state index contributed by atoms with van der Waals surface area (Å²) in [5, 5.41) is 3.06. The van der Waals surface area contributed by atoms with Crippen LogP contribution in [0.2, 0.25) is 0 Å². The standard InChI is InChI=1S/C12H14BrNO/c13-10-7-4-8-11(14-12(10)15)9-5-2-1-3-6-9/h1-3,5-6,10-11H,4,7-8H2,(H,14,15). The lowest BCUT2D eigenvalue weighted by atomic mass is 10.0. The maximum Gasteiger partial charge on any atom is 0.234 e. The highest BCUT2D eigenvalue weighted by Crippen LogP contribution is 2.25. The van der Waals surface area contributed by atoms with Crippen LogP contribution in [0, 0.1) is 0 Å². The molecule has 2 rings (SSSR count). The van der Waals surface area contributed by atoms with Crippen molar-refractivity contribution in [2.45, 2.75) is 30.1 Å². The van der Waals surface area contributed by atoms with Crippen molar-refractivity contribution in [1.82, 2.24) is 5.32 Å². The van der Waals surface area contributed by atoms with Gasteiger partial charge in [-0.05, 0) is 24.8 Å². The van der Waals surface area contributed by atoms with Crippen molar-refractivity contribution in [2.75, 3.05) is 0 Å². The first-order valence-electron chi connectivity index (χ1n) is 5.27. The van der Waals surface area contributed by atoms with E-state index in [1.807, 2.05) is 18.2 Å². The molecule has 2 nitrogen and oxygen atoms in total. The molecular weight excluding hydrogens is 254 g/mol. The average molecular weight is 268 g/mol. The highest BCUT2D eigenvalue weighted by Gasteiger charge is 2.23. The molecule has 1 aromatic carbocycles. The third-order valence-electron chi connectivity index (χ3n) is 2.75. The molecule has 1 saturated heterocycles. The van der Waals surface area contributed by atoms with Gasteiger partial charge in [0.2, 0.25) is 5.91 Å². The summed E-state index contributed by atoms with van der Waals surface area (Å²) in [4.78, 5) is 11.6. The predicted molar refractivity (Wildman–Crippen MR) is 63.9 cm³/mol. The molecule has 1 amide bonds. The molecule has 2 unspecified atom stereocenters. The molecule has 0 radical (unpaired) electrons. The minimum absolute atomic E-state index is 0.0220. The lowest BCUT2D eigenvalue weighted by Crippen LogP contribution is -2.31. The van der Waals surface area contributed by atoms with Crippen LogP contribution in [0.25, 0.3) is 0 Å². The van der Waals surface area contributed by atoms with Gasteiger partial charge in [-0.1, -0.05) is 46.3 Å². The lowest BCUT2D eigenvalue weighted by molar-refractivity contribution is -0.120. The van der Waals surface area contributed by atoms with Crippen LogP contribution in [0.1, 0.15) is 30.9 Å². The number of rotatable bonds is 1. The van der Waals surface area contributed by atoms with Crippen molar-refractivity contribution in [2.24, 2.45) is 0 Å². The van der Waals surface area contributed by atoms with Crippen LogP contribution in [0.5, 0.6) is 0 Å². The Morgan fingerprint density at radius 2 is 1.93 bits per heavy atom. The lowest BCUT2D eigenvalue weighted by Gasteiger charge is -2.16. The highest BCUT2D eigenvalue weighted by atomic mass is 79.9. The molecule has 3 heteroatoms. The number of amides is 1. The third kappa shape index (κ3) is 2.59. The van der Waals surface area contributed by atoms with E-state index in [2.05, 4.69) is 33.4 Å². The topological polar surface area (TPSA) is 29.1 Å². The summed E-state index contributed by atoms with van der Waals surface area (Å²) in [5.41, 5.74) is 1.20. The van der Waals surface area contributed by atoms with Gasteiger partial charge in [0.05, 0.1) is 10.9 Å². The summed E-state index contributed by atoms with van der Waals surface area (Å²) < 4.78 is 0. The molecule has 0 bridgehead atoms. The first kappa shape index (κ1) is 10.7. The number of nitrogens with one attached hydrogen (secondary N) is 1. The number of hydrogen-bond donors (Lipinski definition) is 1. The summed E-state index contributed by atoms with van der Waals surface area (Å²) in [5.74, 6) is 0.112. The molecule has 1 fully saturated rings. The highest BCUT2D eigenvalue weighted by molar-refractivity contribution is 9.10. The van der Waals surface area contributed by atoms with Gasteiger partial charge in [-0.25, -0.2) is 0 Å². The molecule has 1 aliphatic rings. The summed E-state index contributed by atoms with van der Waals surface area (Å²) in [6.45, 7) is 0. The Kier molecular flexibility index (Phi) is 3.41. The Morgan fingerprint density at radius 3 is 2.67 bits per heavy atom. The molecule has 0 aliphatic carbocycles. The normalized spacial score (nSPS) is 26.9. The monoisotopic (exact) mass is 267 g/mol. The van der Waals surface area contributed by atoms with Crippen LogP contribution in [-0.2, 0) is 4.79 Å². The van der Waals surface area contributed by atoms with E-state index in [-0.39, 0.29) is 16.8 Å². The van der Waals surface area contributed by atoms with Crippen molar-refractivity contribution in [3.63, 3.8) is 0 Å². The summed E-state index contributed by atoms with van der Waals surface area (Å²) in [6.07, 6.45) is 3.03. The van der Waals surface area contributed by atoms with Gasteiger partial charge in [-0.15, -0.1) is 0 Å². The molecule has 80 valence electrons. The number of carbonyl (C=O) groups excluding carboxylic acids is 1. The summed E-state index contributed by atoms with van der Waals surface area (Å²) in [6, 6.07) is 10.3. The average Bonchev–Trinajstić information content (AvgIpc) is 2.43. The minimum Gasteiger partial charge on any atom is -0.348 e. The van der Waals surface area contributed by atoms with Gasteiger partial charge in [0.25, 0.3) is 0 Å². The van der Waals surface area contributed by atoms with E-state index in [0.717, 1.165) is 19.3 Å². The third-order valence-corrected chi connectivity index (χ3v) is 3.63. The molecule has 1 aliphatic heterocycles. The second-order valence-electron chi connectivity index (χ2n) is 3.87. The van der Waals surface area contributed by atoms with Gasteiger partial charge >= 0.3 is 0 Å². The maximum absolute atomic E-state index is 11.6. The van der Waals surface area contributed by atoms with E-state index < -0.39 is 0 Å². The molecule has 0 spiro atoms. The molecule has 1 N–H and O–H groups in total. The maximum atomic E-state index is 11.6. The Labute approximate surface area is 98.2 Å². The summed E-state index contributed by atoms with van der Waals surface area (Å²) >= 11 is 3.39. The molecule has 0 saturated carbocycles. The van der Waals surface area contributed by atoms with Gasteiger partial charge in [0, 0.05) is 0 Å². The van der Waals surface area contributed by atoms with E-state index in [1.54, 1.807) is 0 Å². The quantitative estimate of drug-likeness (QED) is 0.780. The van der Waals surface area contributed by atoms with Crippen LogP contribution in [-0.4, -0.2) is 10.7 Å². The number of alkyl halides is 1. The molecule has 15 heavy (non-hydrogen) atoms. The van der Waals surface area contributed by atoms with Gasteiger partial charge in [-0.3, -0.25) is 4.79 Å². The van der Waals surface area contributed by atoms with Crippen molar-refractivity contribution < 1.29 is 4.79 Å². The second kappa shape index (κ2) is 4.79. The van der Waals surface area contributed by atoms with E-state index in [1.165, 1.54) is 5.56 Å². The first-order valence-corrected chi connectivity index (χ1v) is 6.18. The fraction of sp³-hybridized carbons (Fsp3) is 0.417. The van der Waals surface area contributed by atoms with Gasteiger partial charge in [0.15, 0.2) is 0 Å². The number of hydrogen-bond acceptors (Lipinski definition) is 1. The van der Waals surface area contributed by atoms with Crippen molar-refractivity contribution in [1.29, 1.82) is 0 Å². The van der Waals surface area contributed by atoms with E-state index in [9.17, 15) is 4.79 Å². The van der Waals surface area contributed by atoms with Crippen LogP contribution >= 0.6 is 15.9 Å². The zero-order chi connectivity index (χ0) is 10.7. The fourth-order valence-corrected chi connectivity index (χ4v) is 2.36. The van der Waals surface area contributed by atoms with E-state index in [0.29, 0.717) is 0 Å². The molecule has 1 aromatic rings. The van der Waals surface area contributed by atoms with Gasteiger partial charge in [0.1, 0.15) is 0 Å². The zero-order valence-corrected chi connectivity index (χ0v) is 10.0. The van der Waals surface area contributed by atoms with Gasteiger partial charge in [-0.2, -0.15) is 0 Å². The Morgan fingerprint density at radius 1 is 1.20 bits per heavy atom. The van der Waals surface area contributed by atoms with E-state index in [4.69, 9.17) is 0 Å². The second-order valence-corrected chi connectivity index (χ2v) is 4.98. The number of carbonyl (C=O) groups is 1. The van der Waals surface area contributed by atoms with Crippen molar-refractivity contribution >= 4 is 21.8 Å². The number of benzene rings is 1. The Bertz CT molecular complexity index is 339. The largest absolute Gasteiger partial charge is 0.348 e. The van der Waals surface area contributed by atoms with Crippen molar-refractivity contribution in [3.05, 3.63) is 35.9 Å². The van der Waals surface area contributed by atoms with Crippen LogP contribution in [0.15, 0.2) is 30.3 Å². The minimum atomic E-state index is -0.0220. The zero-order valence-electron chi connectivity index (χ0n) is 8.45. The molecule has 2 atom stereocenters. The van der Waals surface area contributed by atoms with Gasteiger partial charge < -0.3 is 5.32 Å². The first-order chi connectivity index (χ1) is 7.27. The molecule has 1 heterocycles. The van der Waals surface area contributed by atoms with E-state index >= 15 is 0 Å². The molecule has 0 aromatic heterocycles. The molecular formula is C12H14BrNO. The number of halogens is 1. The summed E-state index contributed by atoms with van der Waals surface area (Å²) in [7, 11) is 0. The van der Waals surface area contributed by atoms with Crippen LogP contribution in [0.3, 0.4) is 0 Å². The fourth-order valence-electron chi connectivity index (χ4n) is 1.90. The predicted octanol–water partition coefficient (Wildman–Crippen LogP) is 2.79. The van der Waals surface area contributed by atoms with Crippen LogP contribution < -0.4 is 5.32 Å². The van der Waals surface area contributed by atoms with Crippen molar-refractivity contribution in [3.8, 4) is 0 Å². The SMILES string of the molecule is O=C1NC(c2ccccc2)CCCC1Br. The smallest absolute Gasteiger partial charge is 0.234 e. The van der Waals surface area contributed by atoms with Crippen LogP contribution in [0.4, 0.5) is 0 Å².